The maximum absolute atomic E-state index is 13.2. The summed E-state index contributed by atoms with van der Waals surface area (Å²) in [5.74, 6) is -3.68. The largest absolute Gasteiger partial charge is 0.459 e. The Balaban J connectivity index is 1.69. The highest BCUT2D eigenvalue weighted by atomic mass is 16.6. The maximum atomic E-state index is 13.2. The SMILES string of the molecule is CC(=O)O[C@@H]1[C@H]2C[C@H](OC(=O)c3ccco3)[C@]3(C)[C@@H](OC(C)=O)[C@@H](OC(=O)c4ccco4)C[C@](C)(O)[C@@]13OC2(C)C. The van der Waals surface area contributed by atoms with Crippen molar-refractivity contribution in [3.63, 3.8) is 0 Å². The molecule has 3 heterocycles. The molecule has 1 spiro atoms. The molecule has 8 atom stereocenters. The van der Waals surface area contributed by atoms with Gasteiger partial charge in [-0.15, -0.1) is 0 Å². The van der Waals surface area contributed by atoms with Crippen LogP contribution in [0, 0.1) is 11.3 Å². The number of furan rings is 2. The summed E-state index contributed by atoms with van der Waals surface area (Å²) in [6.45, 7) is 9.12. The summed E-state index contributed by atoms with van der Waals surface area (Å²) in [5.41, 5.74) is -6.26. The minimum absolute atomic E-state index is 0.0651. The van der Waals surface area contributed by atoms with E-state index in [9.17, 15) is 24.3 Å². The molecule has 2 aromatic heterocycles. The van der Waals surface area contributed by atoms with Crippen LogP contribution < -0.4 is 0 Å². The van der Waals surface area contributed by atoms with E-state index in [1.54, 1.807) is 20.8 Å². The van der Waals surface area contributed by atoms with Crippen LogP contribution in [0.5, 0.6) is 0 Å². The third-order valence-corrected chi connectivity index (χ3v) is 8.89. The van der Waals surface area contributed by atoms with Gasteiger partial charge in [0.2, 0.25) is 11.5 Å². The molecule has 2 aliphatic carbocycles. The summed E-state index contributed by atoms with van der Waals surface area (Å²) in [4.78, 5) is 51.3. The second kappa shape index (κ2) is 9.73. The monoisotopic (exact) mass is 574 g/mol. The minimum atomic E-state index is -1.87. The number of ether oxygens (including phenoxy) is 5. The molecular formula is C29H34O12. The fourth-order valence-corrected chi connectivity index (χ4v) is 7.33. The lowest BCUT2D eigenvalue weighted by Crippen LogP contribution is -2.81. The van der Waals surface area contributed by atoms with Gasteiger partial charge in [-0.3, -0.25) is 9.59 Å². The van der Waals surface area contributed by atoms with Gasteiger partial charge < -0.3 is 37.6 Å². The lowest BCUT2D eigenvalue weighted by Gasteiger charge is -2.65. The fourth-order valence-electron chi connectivity index (χ4n) is 7.33. The molecule has 12 heteroatoms. The topological polar surface area (TPSA) is 161 Å². The quantitative estimate of drug-likeness (QED) is 0.397. The summed E-state index contributed by atoms with van der Waals surface area (Å²) >= 11 is 0. The highest BCUT2D eigenvalue weighted by Crippen LogP contribution is 2.69. The van der Waals surface area contributed by atoms with Crippen molar-refractivity contribution < 1.29 is 56.8 Å². The summed E-state index contributed by atoms with van der Waals surface area (Å²) in [6, 6.07) is 5.89. The molecule has 5 rings (SSSR count). The second-order valence-corrected chi connectivity index (χ2v) is 11.9. The van der Waals surface area contributed by atoms with E-state index in [-0.39, 0.29) is 24.4 Å². The van der Waals surface area contributed by atoms with Crippen molar-refractivity contribution in [3.8, 4) is 0 Å². The zero-order chi connectivity index (χ0) is 30.0. The minimum Gasteiger partial charge on any atom is -0.459 e. The van der Waals surface area contributed by atoms with E-state index in [1.807, 2.05) is 0 Å². The molecule has 41 heavy (non-hydrogen) atoms. The Morgan fingerprint density at radius 2 is 1.37 bits per heavy atom. The lowest BCUT2D eigenvalue weighted by molar-refractivity contribution is -0.343. The first-order chi connectivity index (χ1) is 19.1. The number of fused-ring (bicyclic) bond motifs is 1. The standard InChI is InChI=1S/C29H34O12/c1-15(30)37-22-17-13-21(40-25(33)19-10-8-12-36-19)28(6)23(38-16(2)31)20(39-24(32)18-9-7-11-35-18)14-27(5,34)29(22,28)41-26(17,3)4/h7-12,17,20-23,34H,13-14H2,1-6H3/t17-,20+,21+,22-,23+,27+,28-,29+/m1/s1. The molecule has 0 amide bonds. The molecular weight excluding hydrogens is 540 g/mol. The van der Waals surface area contributed by atoms with Crippen LogP contribution in [0.1, 0.15) is 75.5 Å². The molecule has 1 saturated heterocycles. The Bertz CT molecular complexity index is 1330. The van der Waals surface area contributed by atoms with Crippen LogP contribution in [0.3, 0.4) is 0 Å². The molecule has 0 unspecified atom stereocenters. The van der Waals surface area contributed by atoms with Crippen molar-refractivity contribution in [2.45, 2.75) is 95.6 Å². The predicted octanol–water partition coefficient (Wildman–Crippen LogP) is 3.22. The summed E-state index contributed by atoms with van der Waals surface area (Å²) in [5, 5.41) is 12.3. The number of hydrogen-bond acceptors (Lipinski definition) is 12. The molecule has 1 aliphatic heterocycles. The van der Waals surface area contributed by atoms with Gasteiger partial charge in [-0.25, -0.2) is 9.59 Å². The highest BCUT2D eigenvalue weighted by Gasteiger charge is 2.84. The van der Waals surface area contributed by atoms with Gasteiger partial charge in [0.15, 0.2) is 6.10 Å². The van der Waals surface area contributed by atoms with E-state index < -0.39 is 76.4 Å². The van der Waals surface area contributed by atoms with Gasteiger partial charge in [0.1, 0.15) is 23.9 Å². The van der Waals surface area contributed by atoms with Crippen LogP contribution in [0.4, 0.5) is 0 Å². The lowest BCUT2D eigenvalue weighted by atomic mass is 9.47. The van der Waals surface area contributed by atoms with Gasteiger partial charge in [-0.1, -0.05) is 0 Å². The third-order valence-electron chi connectivity index (χ3n) is 8.89. The van der Waals surface area contributed by atoms with Crippen molar-refractivity contribution in [1.82, 2.24) is 0 Å². The highest BCUT2D eigenvalue weighted by molar-refractivity contribution is 5.87. The number of carbonyl (C=O) groups excluding carboxylic acids is 4. The summed E-state index contributed by atoms with van der Waals surface area (Å²) < 4.78 is 40.8. The van der Waals surface area contributed by atoms with Gasteiger partial charge in [0, 0.05) is 26.2 Å². The van der Waals surface area contributed by atoms with E-state index in [0.717, 1.165) is 0 Å². The number of esters is 4. The van der Waals surface area contributed by atoms with Crippen LogP contribution >= 0.6 is 0 Å². The van der Waals surface area contributed by atoms with Gasteiger partial charge >= 0.3 is 23.9 Å². The molecule has 1 N–H and O–H groups in total. The van der Waals surface area contributed by atoms with E-state index in [4.69, 9.17) is 32.5 Å². The molecule has 3 aliphatic rings. The van der Waals surface area contributed by atoms with Crippen LogP contribution in [-0.4, -0.2) is 70.2 Å². The van der Waals surface area contributed by atoms with Crippen molar-refractivity contribution in [3.05, 3.63) is 48.3 Å². The molecule has 2 bridgehead atoms. The predicted molar refractivity (Wildman–Crippen MR) is 136 cm³/mol. The van der Waals surface area contributed by atoms with Crippen molar-refractivity contribution in [2.24, 2.45) is 11.3 Å². The molecule has 2 aromatic rings. The van der Waals surface area contributed by atoms with Crippen LogP contribution in [-0.2, 0) is 33.3 Å². The van der Waals surface area contributed by atoms with Crippen LogP contribution in [0.2, 0.25) is 0 Å². The number of aliphatic hydroxyl groups is 1. The molecule has 0 aromatic carbocycles. The van der Waals surface area contributed by atoms with Gasteiger partial charge in [0.05, 0.1) is 29.1 Å². The van der Waals surface area contributed by atoms with E-state index >= 15 is 0 Å². The first-order valence-corrected chi connectivity index (χ1v) is 13.4. The Labute approximate surface area is 236 Å². The Kier molecular flexibility index (Phi) is 6.85. The first kappa shape index (κ1) is 28.9. The smallest absolute Gasteiger partial charge is 0.374 e. The van der Waals surface area contributed by atoms with Crippen LogP contribution in [0.25, 0.3) is 0 Å². The molecule has 12 nitrogen and oxygen atoms in total. The maximum Gasteiger partial charge on any atom is 0.374 e. The molecule has 3 fully saturated rings. The van der Waals surface area contributed by atoms with Crippen molar-refractivity contribution >= 4 is 23.9 Å². The van der Waals surface area contributed by atoms with Crippen molar-refractivity contribution in [2.75, 3.05) is 0 Å². The van der Waals surface area contributed by atoms with Crippen LogP contribution in [0.15, 0.2) is 45.6 Å². The second-order valence-electron chi connectivity index (χ2n) is 11.9. The normalized spacial score (nSPS) is 37.0. The number of rotatable bonds is 6. The zero-order valence-electron chi connectivity index (χ0n) is 23.7. The average Bonchev–Trinajstić information content (AvgIpc) is 3.61. The molecule has 2 saturated carbocycles. The zero-order valence-corrected chi connectivity index (χ0v) is 23.7. The Morgan fingerprint density at radius 1 is 0.829 bits per heavy atom. The fraction of sp³-hybridized carbons (Fsp3) is 0.586. The van der Waals surface area contributed by atoms with Gasteiger partial charge in [-0.2, -0.15) is 0 Å². The van der Waals surface area contributed by atoms with Gasteiger partial charge in [0.25, 0.3) is 0 Å². The van der Waals surface area contributed by atoms with Crippen molar-refractivity contribution in [1.29, 1.82) is 0 Å². The van der Waals surface area contributed by atoms with Gasteiger partial charge in [-0.05, 0) is 58.4 Å². The number of carbonyl (C=O) groups is 4. The van der Waals surface area contributed by atoms with E-state index in [1.165, 1.54) is 57.6 Å². The molecule has 222 valence electrons. The Hall–Kier alpha value is -3.64. The average molecular weight is 575 g/mol. The molecule has 0 radical (unpaired) electrons. The summed E-state index contributed by atoms with van der Waals surface area (Å²) in [7, 11) is 0. The number of hydrogen-bond donors (Lipinski definition) is 1. The first-order valence-electron chi connectivity index (χ1n) is 13.4. The van der Waals surface area contributed by atoms with E-state index in [0.29, 0.717) is 0 Å². The third kappa shape index (κ3) is 4.35. The van der Waals surface area contributed by atoms with E-state index in [2.05, 4.69) is 0 Å². The summed E-state index contributed by atoms with van der Waals surface area (Å²) in [6.07, 6.45) is -2.22. The Morgan fingerprint density at radius 3 is 1.88 bits per heavy atom.